The first-order valence-electron chi connectivity index (χ1n) is 7.69. The maximum atomic E-state index is 12.9. The minimum Gasteiger partial charge on any atom is -0.351 e. The van der Waals surface area contributed by atoms with Gasteiger partial charge in [-0.15, -0.1) is 0 Å². The number of benzene rings is 2. The van der Waals surface area contributed by atoms with Crippen LogP contribution in [-0.4, -0.2) is 5.91 Å². The van der Waals surface area contributed by atoms with Gasteiger partial charge in [-0.2, -0.15) is 0 Å². The second kappa shape index (κ2) is 7.74. The smallest absolute Gasteiger partial charge is 0.228 e. The number of carbonyl (C=O) groups excluding carboxylic acids is 1. The molecular formula is C19H22FNO. The molecule has 2 atom stereocenters. The lowest BCUT2D eigenvalue weighted by atomic mass is 9.85. The Kier molecular flexibility index (Phi) is 5.70. The summed E-state index contributed by atoms with van der Waals surface area (Å²) in [7, 11) is 0. The second-order valence-corrected chi connectivity index (χ2v) is 5.62. The molecule has 0 unspecified atom stereocenters. The summed E-state index contributed by atoms with van der Waals surface area (Å²) in [5.74, 6) is -0.149. The van der Waals surface area contributed by atoms with Gasteiger partial charge in [0.1, 0.15) is 5.82 Å². The van der Waals surface area contributed by atoms with Crippen molar-refractivity contribution in [3.63, 3.8) is 0 Å². The molecule has 0 fully saturated rings. The lowest BCUT2D eigenvalue weighted by Gasteiger charge is -2.22. The minimum absolute atomic E-state index is 0.0184. The number of carbonyl (C=O) groups is 1. The highest BCUT2D eigenvalue weighted by Crippen LogP contribution is 2.27. The van der Waals surface area contributed by atoms with Gasteiger partial charge >= 0.3 is 0 Å². The molecule has 0 bridgehead atoms. The summed E-state index contributed by atoms with van der Waals surface area (Å²) in [5, 5.41) is 2.97. The quantitative estimate of drug-likeness (QED) is 0.848. The van der Waals surface area contributed by atoms with Crippen LogP contribution in [0.15, 0.2) is 54.6 Å². The summed E-state index contributed by atoms with van der Waals surface area (Å²) in [5.41, 5.74) is 1.93. The molecule has 3 heteroatoms. The Balaban J connectivity index is 2.07. The van der Waals surface area contributed by atoms with Crippen molar-refractivity contribution in [1.82, 2.24) is 5.32 Å². The van der Waals surface area contributed by atoms with Crippen LogP contribution in [0.3, 0.4) is 0 Å². The van der Waals surface area contributed by atoms with Gasteiger partial charge in [0.15, 0.2) is 0 Å². The first-order valence-corrected chi connectivity index (χ1v) is 7.69. The summed E-state index contributed by atoms with van der Waals surface area (Å²) >= 11 is 0. The zero-order valence-electron chi connectivity index (χ0n) is 13.1. The van der Waals surface area contributed by atoms with Gasteiger partial charge in [-0.3, -0.25) is 4.79 Å². The van der Waals surface area contributed by atoms with E-state index in [-0.39, 0.29) is 23.6 Å². The molecule has 0 heterocycles. The molecule has 2 rings (SSSR count). The fourth-order valence-corrected chi connectivity index (χ4v) is 2.54. The second-order valence-electron chi connectivity index (χ2n) is 5.62. The van der Waals surface area contributed by atoms with E-state index in [0.717, 1.165) is 17.5 Å². The Morgan fingerprint density at radius 2 is 1.73 bits per heavy atom. The number of nitrogens with one attached hydrogen (secondary N) is 1. The van der Waals surface area contributed by atoms with Gasteiger partial charge in [-0.05, 0) is 29.2 Å². The summed E-state index contributed by atoms with van der Waals surface area (Å²) in [6.45, 7) is 4.60. The van der Waals surface area contributed by atoms with Crippen LogP contribution < -0.4 is 5.32 Å². The molecule has 1 amide bonds. The summed E-state index contributed by atoms with van der Waals surface area (Å²) in [4.78, 5) is 12.6. The van der Waals surface area contributed by atoms with Gasteiger partial charge < -0.3 is 5.32 Å². The summed E-state index contributed by atoms with van der Waals surface area (Å²) < 4.78 is 12.9. The predicted molar refractivity (Wildman–Crippen MR) is 86.9 cm³/mol. The van der Waals surface area contributed by atoms with Crippen molar-refractivity contribution in [2.75, 3.05) is 0 Å². The fourth-order valence-electron chi connectivity index (χ4n) is 2.54. The van der Waals surface area contributed by atoms with Crippen molar-refractivity contribution in [3.05, 3.63) is 71.5 Å². The monoisotopic (exact) mass is 299 g/mol. The third kappa shape index (κ3) is 4.17. The molecule has 0 saturated heterocycles. The van der Waals surface area contributed by atoms with Crippen LogP contribution in [-0.2, 0) is 11.3 Å². The van der Waals surface area contributed by atoms with Crippen LogP contribution in [0.2, 0.25) is 0 Å². The average Bonchev–Trinajstić information content (AvgIpc) is 2.55. The highest BCUT2D eigenvalue weighted by atomic mass is 19.1. The fraction of sp³-hybridized carbons (Fsp3) is 0.316. The molecule has 2 nitrogen and oxygen atoms in total. The van der Waals surface area contributed by atoms with Crippen molar-refractivity contribution >= 4 is 5.91 Å². The van der Waals surface area contributed by atoms with E-state index in [1.165, 1.54) is 12.1 Å². The van der Waals surface area contributed by atoms with Crippen LogP contribution in [0.1, 0.15) is 37.3 Å². The number of halogens is 1. The van der Waals surface area contributed by atoms with Gasteiger partial charge in [0.2, 0.25) is 5.91 Å². The van der Waals surface area contributed by atoms with Crippen molar-refractivity contribution in [2.45, 2.75) is 32.7 Å². The average molecular weight is 299 g/mol. The molecule has 116 valence electrons. The van der Waals surface area contributed by atoms with E-state index >= 15 is 0 Å². The third-order valence-electron chi connectivity index (χ3n) is 4.03. The Morgan fingerprint density at radius 1 is 1.09 bits per heavy atom. The van der Waals surface area contributed by atoms with Crippen LogP contribution in [0.25, 0.3) is 0 Å². The van der Waals surface area contributed by atoms with E-state index in [2.05, 4.69) is 19.2 Å². The first kappa shape index (κ1) is 16.2. The first-order chi connectivity index (χ1) is 10.6. The zero-order valence-corrected chi connectivity index (χ0v) is 13.1. The van der Waals surface area contributed by atoms with Gasteiger partial charge in [-0.1, -0.05) is 62.7 Å². The Hall–Kier alpha value is -2.16. The van der Waals surface area contributed by atoms with Crippen LogP contribution in [0.4, 0.5) is 4.39 Å². The maximum Gasteiger partial charge on any atom is 0.228 e. The van der Waals surface area contributed by atoms with Crippen molar-refractivity contribution < 1.29 is 9.18 Å². The molecule has 0 aliphatic carbocycles. The zero-order chi connectivity index (χ0) is 15.9. The molecule has 1 N–H and O–H groups in total. The van der Waals surface area contributed by atoms with Crippen molar-refractivity contribution in [1.29, 1.82) is 0 Å². The van der Waals surface area contributed by atoms with Gasteiger partial charge in [-0.25, -0.2) is 4.39 Å². The van der Waals surface area contributed by atoms with Crippen molar-refractivity contribution in [2.24, 2.45) is 5.92 Å². The normalized spacial score (nSPS) is 13.4. The molecule has 0 aliphatic heterocycles. The van der Waals surface area contributed by atoms with E-state index in [4.69, 9.17) is 0 Å². The van der Waals surface area contributed by atoms with E-state index in [9.17, 15) is 9.18 Å². The molecule has 0 saturated carbocycles. The third-order valence-corrected chi connectivity index (χ3v) is 4.03. The largest absolute Gasteiger partial charge is 0.351 e. The van der Waals surface area contributed by atoms with Crippen LogP contribution >= 0.6 is 0 Å². The Labute approximate surface area is 131 Å². The topological polar surface area (TPSA) is 29.1 Å². The summed E-state index contributed by atoms with van der Waals surface area (Å²) in [6, 6.07) is 16.1. The lowest BCUT2D eigenvalue weighted by molar-refractivity contribution is -0.123. The van der Waals surface area contributed by atoms with E-state index in [0.29, 0.717) is 6.54 Å². The highest BCUT2D eigenvalue weighted by Gasteiger charge is 2.25. The Bertz CT molecular complexity index is 595. The van der Waals surface area contributed by atoms with Gasteiger partial charge in [0, 0.05) is 6.54 Å². The SMILES string of the molecule is CC[C@H](C)[C@H](C(=O)NCc1ccc(F)cc1)c1ccccc1. The molecule has 2 aromatic carbocycles. The van der Waals surface area contributed by atoms with Gasteiger partial charge in [0.05, 0.1) is 5.92 Å². The highest BCUT2D eigenvalue weighted by molar-refractivity contribution is 5.83. The summed E-state index contributed by atoms with van der Waals surface area (Å²) in [6.07, 6.45) is 0.934. The van der Waals surface area contributed by atoms with E-state index < -0.39 is 0 Å². The number of rotatable bonds is 6. The number of hydrogen-bond donors (Lipinski definition) is 1. The number of hydrogen-bond acceptors (Lipinski definition) is 1. The van der Waals surface area contributed by atoms with E-state index in [1.54, 1.807) is 12.1 Å². The molecule has 0 aromatic heterocycles. The molecule has 0 radical (unpaired) electrons. The predicted octanol–water partition coefficient (Wildman–Crippen LogP) is 4.27. The maximum absolute atomic E-state index is 12.9. The van der Waals surface area contributed by atoms with Crippen molar-refractivity contribution in [3.8, 4) is 0 Å². The minimum atomic E-state index is -0.267. The van der Waals surface area contributed by atoms with Crippen LogP contribution in [0.5, 0.6) is 0 Å². The molecule has 22 heavy (non-hydrogen) atoms. The molecule has 2 aromatic rings. The molecule has 0 aliphatic rings. The van der Waals surface area contributed by atoms with Gasteiger partial charge in [0.25, 0.3) is 0 Å². The number of amides is 1. The Morgan fingerprint density at radius 3 is 2.32 bits per heavy atom. The van der Waals surface area contributed by atoms with Crippen LogP contribution in [0, 0.1) is 11.7 Å². The standard InChI is InChI=1S/C19H22FNO/c1-3-14(2)18(16-7-5-4-6-8-16)19(22)21-13-15-9-11-17(20)12-10-15/h4-12,14,18H,3,13H2,1-2H3,(H,21,22)/t14-,18-/m0/s1. The molecule has 0 spiro atoms. The molecular weight excluding hydrogens is 277 g/mol. The lowest BCUT2D eigenvalue weighted by Crippen LogP contribution is -2.32. The van der Waals surface area contributed by atoms with E-state index in [1.807, 2.05) is 30.3 Å².